The minimum absolute atomic E-state index is 0. The molecule has 3 heteroatoms. The summed E-state index contributed by atoms with van der Waals surface area (Å²) in [6.07, 6.45) is 0. The second kappa shape index (κ2) is 9.63. The zero-order chi connectivity index (χ0) is 2.71. The van der Waals surface area contributed by atoms with Crippen LogP contribution >= 0.6 is 12.2 Å². The Morgan fingerprint density at radius 2 is 1.75 bits per heavy atom. The van der Waals surface area contributed by atoms with E-state index in [-0.39, 0.29) is 22.4 Å². The van der Waals surface area contributed by atoms with Crippen LogP contribution in [-0.2, 0) is 22.4 Å². The molecule has 0 fully saturated rings. The summed E-state index contributed by atoms with van der Waals surface area (Å²) in [6.45, 7) is 0. The second-order valence-electron chi connectivity index (χ2n) is 0.102. The van der Waals surface area contributed by atoms with Crippen molar-refractivity contribution in [1.29, 1.82) is 5.41 Å². The molecule has 0 aromatic carbocycles. The van der Waals surface area contributed by atoms with E-state index in [1.165, 1.54) is 0 Å². The first kappa shape index (κ1) is 8.82. The smallest absolute Gasteiger partial charge is 0.0554 e. The Morgan fingerprint density at radius 3 is 1.75 bits per heavy atom. The maximum Gasteiger partial charge on any atom is 0.0554 e. The van der Waals surface area contributed by atoms with Gasteiger partial charge in [0.1, 0.15) is 0 Å². The Balaban J connectivity index is 0. The van der Waals surface area contributed by atoms with Crippen molar-refractivity contribution in [2.45, 2.75) is 0 Å². The van der Waals surface area contributed by atoms with Gasteiger partial charge in [-0.2, -0.15) is 0 Å². The van der Waals surface area contributed by atoms with Crippen molar-refractivity contribution in [3.05, 3.63) is 0 Å². The fourth-order valence-corrected chi connectivity index (χ4v) is 0. The van der Waals surface area contributed by atoms with Crippen molar-refractivity contribution in [3.8, 4) is 0 Å². The molecule has 0 spiro atoms. The van der Waals surface area contributed by atoms with E-state index in [2.05, 4.69) is 12.2 Å². The van der Waals surface area contributed by atoms with Gasteiger partial charge in [-0.15, -0.1) is 0 Å². The molecule has 0 bridgehead atoms. The topological polar surface area (TPSA) is 23.9 Å². The van der Waals surface area contributed by atoms with Gasteiger partial charge < -0.3 is 0 Å². The zero-order valence-corrected chi connectivity index (χ0v) is 4.01. The molecule has 1 radical (unpaired) electrons. The van der Waals surface area contributed by atoms with Crippen molar-refractivity contribution < 1.29 is 22.4 Å². The van der Waals surface area contributed by atoms with E-state index < -0.39 is 0 Å². The van der Waals surface area contributed by atoms with Crippen molar-refractivity contribution in [2.75, 3.05) is 0 Å². The van der Waals surface area contributed by atoms with Crippen LogP contribution in [0.5, 0.6) is 0 Å². The van der Waals surface area contributed by atoms with Gasteiger partial charge in [-0.1, -0.05) is 0 Å². The number of rotatable bonds is 0. The van der Waals surface area contributed by atoms with E-state index in [1.54, 1.807) is 5.16 Å². The van der Waals surface area contributed by atoms with Crippen LogP contribution in [0.1, 0.15) is 0 Å². The quantitative estimate of drug-likeness (QED) is 0.320. The first-order valence-electron chi connectivity index (χ1n) is 0.454. The van der Waals surface area contributed by atoms with Gasteiger partial charge in [0.05, 0.1) is 5.16 Å². The summed E-state index contributed by atoms with van der Waals surface area (Å²) in [5.41, 5.74) is 0. The van der Waals surface area contributed by atoms with E-state index in [9.17, 15) is 0 Å². The van der Waals surface area contributed by atoms with Crippen LogP contribution in [0.3, 0.4) is 0 Å². The largest absolute Gasteiger partial charge is 0.248 e. The molecule has 4 heavy (non-hydrogen) atoms. The molecule has 0 rings (SSSR count). The van der Waals surface area contributed by atoms with Gasteiger partial charge >= 0.3 is 0 Å². The van der Waals surface area contributed by atoms with E-state index in [0.29, 0.717) is 0 Å². The summed E-state index contributed by atoms with van der Waals surface area (Å²) in [5, 5.41) is 7.36. The summed E-state index contributed by atoms with van der Waals surface area (Å²) in [7, 11) is 0. The van der Waals surface area contributed by atoms with E-state index >= 15 is 0 Å². The molecule has 0 unspecified atom stereocenters. The molecule has 0 saturated heterocycles. The number of isothiocyanates is 1. The molecule has 27 valence electrons. The van der Waals surface area contributed by atoms with E-state index in [1.807, 2.05) is 0 Å². The van der Waals surface area contributed by atoms with Gasteiger partial charge in [-0.25, -0.2) is 5.41 Å². The number of hydrogen-bond donors (Lipinski definition) is 1. The molecule has 0 aliphatic rings. The minimum Gasteiger partial charge on any atom is -0.248 e. The van der Waals surface area contributed by atoms with Crippen LogP contribution in [-0.4, -0.2) is 5.16 Å². The van der Waals surface area contributed by atoms with Gasteiger partial charge in [0.2, 0.25) is 0 Å². The third kappa shape index (κ3) is 20.6. The monoisotopic (exact) mass is 166 g/mol. The number of hydrogen-bond acceptors (Lipinski definition) is 2. The molecule has 0 saturated carbocycles. The van der Waals surface area contributed by atoms with Gasteiger partial charge in [0.25, 0.3) is 0 Å². The Bertz CT molecular complexity index is 29.0. The third-order valence-corrected chi connectivity index (χ3v) is 0. The maximum absolute atomic E-state index is 5.77. The predicted molar refractivity (Wildman–Crippen MR) is 15.3 cm³/mol. The van der Waals surface area contributed by atoms with Crippen LogP contribution < -0.4 is 0 Å². The average molecular weight is 167 g/mol. The molecule has 1 N–H and O–H groups in total. The summed E-state index contributed by atoms with van der Waals surface area (Å²) >= 11 is 3.81. The van der Waals surface area contributed by atoms with Gasteiger partial charge in [0, 0.05) is 22.4 Å². The molecule has 0 aromatic heterocycles. The molecule has 0 amide bonds. The summed E-state index contributed by atoms with van der Waals surface area (Å²) < 4.78 is 0. The Hall–Kier alpha value is 0.540. The molecule has 1 nitrogen and oxygen atoms in total. The first-order valence-corrected chi connectivity index (χ1v) is 0.862. The van der Waals surface area contributed by atoms with Gasteiger partial charge in [-0.05, 0) is 12.2 Å². The first-order chi connectivity index (χ1) is 1.41. The average Bonchev–Trinajstić information content (AvgIpc) is 0.918. The van der Waals surface area contributed by atoms with E-state index in [4.69, 9.17) is 5.41 Å². The molecule has 0 aliphatic heterocycles. The number of thiocarbonyl (C=S) groups is 1. The van der Waals surface area contributed by atoms with Crippen LogP contribution in [0.2, 0.25) is 0 Å². The Morgan fingerprint density at radius 1 is 1.75 bits per heavy atom. The third-order valence-electron chi connectivity index (χ3n) is 0. The van der Waals surface area contributed by atoms with Crippen LogP contribution in [0.4, 0.5) is 0 Å². The molecule has 0 aromatic rings. The van der Waals surface area contributed by atoms with Gasteiger partial charge in [-0.3, -0.25) is 0 Å². The molecular weight excluding hydrogens is 166 g/mol. The van der Waals surface area contributed by atoms with Crippen molar-refractivity contribution in [2.24, 2.45) is 0 Å². The van der Waals surface area contributed by atoms with Crippen LogP contribution in [0.15, 0.2) is 0 Å². The van der Waals surface area contributed by atoms with Crippen LogP contribution in [0.25, 0.3) is 0 Å². The molecule has 0 heterocycles. The van der Waals surface area contributed by atoms with Crippen molar-refractivity contribution in [3.63, 3.8) is 0 Å². The normalized spacial score (nSPS) is 2.00. The summed E-state index contributed by atoms with van der Waals surface area (Å²) in [6, 6.07) is 0. The standard InChI is InChI=1S/CHNS.Ag/c2-1-3;/h2H;. The minimum atomic E-state index is 0. The molecular formula is CHAgNS. The van der Waals surface area contributed by atoms with Crippen molar-refractivity contribution >= 4 is 17.4 Å². The van der Waals surface area contributed by atoms with Crippen LogP contribution in [0, 0.1) is 5.41 Å². The fourth-order valence-electron chi connectivity index (χ4n) is 0. The van der Waals surface area contributed by atoms with Crippen molar-refractivity contribution in [1.82, 2.24) is 0 Å². The predicted octanol–water partition coefficient (Wildman–Crippen LogP) is 0.665. The zero-order valence-electron chi connectivity index (χ0n) is 1.71. The second-order valence-corrected chi connectivity index (χ2v) is 0.306. The van der Waals surface area contributed by atoms with E-state index in [0.717, 1.165) is 0 Å². The SMILES string of the molecule is N=C=S.[Ag]. The summed E-state index contributed by atoms with van der Waals surface area (Å²) in [4.78, 5) is 0. The molecule has 0 aliphatic carbocycles. The molecule has 0 atom stereocenters. The Labute approximate surface area is 45.4 Å². The number of nitrogens with one attached hydrogen (secondary N) is 1. The fraction of sp³-hybridized carbons (Fsp3) is 0. The Kier molecular flexibility index (Phi) is 21.2. The summed E-state index contributed by atoms with van der Waals surface area (Å²) in [5.74, 6) is 0. The van der Waals surface area contributed by atoms with Gasteiger partial charge in [0.15, 0.2) is 0 Å². The maximum atomic E-state index is 5.77.